The molecule has 0 bridgehead atoms. The average Bonchev–Trinajstić information content (AvgIpc) is 3.35. The Balaban J connectivity index is 1.50. The van der Waals surface area contributed by atoms with Gasteiger partial charge in [0.2, 0.25) is 0 Å². The zero-order valence-electron chi connectivity index (χ0n) is 14.0. The minimum absolute atomic E-state index is 0.114. The number of epoxide rings is 2. The van der Waals surface area contributed by atoms with Crippen LogP contribution in [0.3, 0.4) is 0 Å². The van der Waals surface area contributed by atoms with Gasteiger partial charge in [-0.1, -0.05) is 11.6 Å². The lowest BCUT2D eigenvalue weighted by Gasteiger charge is -2.42. The maximum Gasteiger partial charge on any atom is 0.131 e. The van der Waals surface area contributed by atoms with E-state index in [9.17, 15) is 9.50 Å². The zero-order chi connectivity index (χ0) is 16.2. The summed E-state index contributed by atoms with van der Waals surface area (Å²) in [4.78, 5) is 0. The van der Waals surface area contributed by atoms with Crippen molar-refractivity contribution < 1.29 is 23.7 Å². The Morgan fingerprint density at radius 3 is 2.70 bits per heavy atom. The van der Waals surface area contributed by atoms with Crippen LogP contribution in [0.2, 0.25) is 0 Å². The molecule has 2 saturated carbocycles. The Kier molecular flexibility index (Phi) is 3.84. The molecule has 130 valence electrons. The molecular formula is C18H27FO4. The molecule has 0 aromatic rings. The number of halogens is 1. The molecule has 0 amide bonds. The second-order valence-corrected chi connectivity index (χ2v) is 7.84. The summed E-state index contributed by atoms with van der Waals surface area (Å²) in [6.45, 7) is 2.60. The molecule has 4 fully saturated rings. The topological polar surface area (TPSA) is 54.5 Å². The first kappa shape index (κ1) is 16.0. The van der Waals surface area contributed by atoms with Gasteiger partial charge in [-0.2, -0.15) is 0 Å². The predicted molar refractivity (Wildman–Crippen MR) is 82.9 cm³/mol. The van der Waals surface area contributed by atoms with Gasteiger partial charge in [0.25, 0.3) is 0 Å². The highest BCUT2D eigenvalue weighted by molar-refractivity contribution is 5.22. The molecule has 1 unspecified atom stereocenters. The van der Waals surface area contributed by atoms with Gasteiger partial charge in [0.1, 0.15) is 23.5 Å². The molecule has 7 atom stereocenters. The number of rotatable bonds is 4. The fraction of sp³-hybridized carbons (Fsp3) is 0.889. The lowest BCUT2D eigenvalue weighted by molar-refractivity contribution is -0.144. The van der Waals surface area contributed by atoms with E-state index in [-0.39, 0.29) is 18.4 Å². The molecule has 1 spiro atoms. The van der Waals surface area contributed by atoms with Gasteiger partial charge in [0.15, 0.2) is 0 Å². The minimum atomic E-state index is -1.29. The molecule has 0 aromatic heterocycles. The third-order valence-electron chi connectivity index (χ3n) is 6.39. The number of aliphatic hydroxyl groups excluding tert-OH is 1. The predicted octanol–water partition coefficient (Wildman–Crippen LogP) is 2.54. The van der Waals surface area contributed by atoms with Crippen LogP contribution in [0.5, 0.6) is 0 Å². The first-order chi connectivity index (χ1) is 11.0. The molecule has 0 aromatic carbocycles. The minimum Gasteiger partial charge on any atom is -0.387 e. The highest BCUT2D eigenvalue weighted by Gasteiger charge is 2.73. The second kappa shape index (κ2) is 5.51. The van der Waals surface area contributed by atoms with E-state index in [1.165, 1.54) is 38.4 Å². The molecule has 2 aliphatic carbocycles. The lowest BCUT2D eigenvalue weighted by atomic mass is 9.67. The fourth-order valence-corrected chi connectivity index (χ4v) is 4.93. The van der Waals surface area contributed by atoms with E-state index in [2.05, 4.69) is 13.0 Å². The Labute approximate surface area is 137 Å². The van der Waals surface area contributed by atoms with Crippen molar-refractivity contribution in [2.75, 3.05) is 13.7 Å². The van der Waals surface area contributed by atoms with Crippen molar-refractivity contribution in [1.29, 1.82) is 0 Å². The van der Waals surface area contributed by atoms with Crippen LogP contribution in [0.25, 0.3) is 0 Å². The molecule has 0 radical (unpaired) electrons. The maximum atomic E-state index is 14.1. The van der Waals surface area contributed by atoms with E-state index < -0.39 is 29.6 Å². The van der Waals surface area contributed by atoms with Crippen molar-refractivity contribution in [3.63, 3.8) is 0 Å². The van der Waals surface area contributed by atoms with Crippen molar-refractivity contribution in [1.82, 2.24) is 0 Å². The summed E-state index contributed by atoms with van der Waals surface area (Å²) < 4.78 is 31.3. The number of ether oxygens (including phenoxy) is 3. The van der Waals surface area contributed by atoms with E-state index in [0.29, 0.717) is 6.61 Å². The highest BCUT2D eigenvalue weighted by atomic mass is 19.1. The van der Waals surface area contributed by atoms with Crippen LogP contribution in [0.4, 0.5) is 4.39 Å². The third-order valence-corrected chi connectivity index (χ3v) is 6.39. The molecule has 4 rings (SSSR count). The zero-order valence-corrected chi connectivity index (χ0v) is 14.0. The van der Waals surface area contributed by atoms with Gasteiger partial charge in [-0.05, 0) is 39.0 Å². The number of hydrogen-bond donors (Lipinski definition) is 1. The van der Waals surface area contributed by atoms with Gasteiger partial charge in [-0.3, -0.25) is 0 Å². The van der Waals surface area contributed by atoms with Gasteiger partial charge in [-0.15, -0.1) is 0 Å². The molecule has 23 heavy (non-hydrogen) atoms. The van der Waals surface area contributed by atoms with Crippen molar-refractivity contribution in [3.05, 3.63) is 11.6 Å². The number of methoxy groups -OCH3 is 1. The Morgan fingerprint density at radius 2 is 2.09 bits per heavy atom. The first-order valence-corrected chi connectivity index (χ1v) is 8.85. The second-order valence-electron chi connectivity index (χ2n) is 7.84. The van der Waals surface area contributed by atoms with Gasteiger partial charge >= 0.3 is 0 Å². The normalized spacial score (nSPS) is 52.0. The van der Waals surface area contributed by atoms with Gasteiger partial charge in [0, 0.05) is 13.5 Å². The standard InChI is InChI=1S/C18H27FO4/c1-17(13(23-17)8-7-11-5-3-4-6-11)16-15(21-2)14(20)12(19)9-18(16)10-22-18/h7,12-16,20H,3-6,8-10H2,1-2H3/t12-,13+,14+,15+,16+,17?,18-/m0/s1. The molecule has 2 saturated heterocycles. The van der Waals surface area contributed by atoms with Crippen LogP contribution in [0.15, 0.2) is 11.6 Å². The average molecular weight is 326 g/mol. The molecule has 5 heteroatoms. The Bertz CT molecular complexity index is 495. The van der Waals surface area contributed by atoms with E-state index >= 15 is 0 Å². The van der Waals surface area contributed by atoms with E-state index in [1.54, 1.807) is 0 Å². The summed E-state index contributed by atoms with van der Waals surface area (Å²) >= 11 is 0. The summed E-state index contributed by atoms with van der Waals surface area (Å²) in [6.07, 6.45) is 5.62. The van der Waals surface area contributed by atoms with Crippen LogP contribution in [0.1, 0.15) is 45.4 Å². The molecule has 4 aliphatic rings. The van der Waals surface area contributed by atoms with Crippen molar-refractivity contribution in [3.8, 4) is 0 Å². The quantitative estimate of drug-likeness (QED) is 0.637. The SMILES string of the molecule is CO[C@@H]1[C@H](O)[C@@H](F)C[C@]2(CO2)[C@H]1C1(C)O[C@@H]1CC=C1CCCC1. The first-order valence-electron chi connectivity index (χ1n) is 8.85. The van der Waals surface area contributed by atoms with Gasteiger partial charge < -0.3 is 19.3 Å². The number of alkyl halides is 1. The lowest BCUT2D eigenvalue weighted by Crippen LogP contribution is -2.58. The van der Waals surface area contributed by atoms with E-state index in [0.717, 1.165) is 6.42 Å². The molecule has 2 heterocycles. The Hall–Kier alpha value is -0.490. The van der Waals surface area contributed by atoms with Crippen LogP contribution in [0, 0.1) is 5.92 Å². The molecule has 4 nitrogen and oxygen atoms in total. The van der Waals surface area contributed by atoms with Crippen molar-refractivity contribution >= 4 is 0 Å². The molecular weight excluding hydrogens is 299 g/mol. The third kappa shape index (κ3) is 2.56. The van der Waals surface area contributed by atoms with Crippen LogP contribution in [-0.2, 0) is 14.2 Å². The fourth-order valence-electron chi connectivity index (χ4n) is 4.93. The van der Waals surface area contributed by atoms with Crippen molar-refractivity contribution in [2.24, 2.45) is 5.92 Å². The van der Waals surface area contributed by atoms with Crippen LogP contribution in [-0.4, -0.2) is 54.5 Å². The van der Waals surface area contributed by atoms with E-state index in [1.807, 2.05) is 0 Å². The van der Waals surface area contributed by atoms with Crippen molar-refractivity contribution in [2.45, 2.75) is 81.1 Å². The molecule has 2 aliphatic heterocycles. The van der Waals surface area contributed by atoms with Crippen LogP contribution >= 0.6 is 0 Å². The maximum absolute atomic E-state index is 14.1. The van der Waals surface area contributed by atoms with E-state index in [4.69, 9.17) is 14.2 Å². The van der Waals surface area contributed by atoms with Crippen LogP contribution < -0.4 is 0 Å². The molecule has 1 N–H and O–H groups in total. The largest absolute Gasteiger partial charge is 0.387 e. The smallest absolute Gasteiger partial charge is 0.131 e. The number of aliphatic hydroxyl groups is 1. The summed E-state index contributed by atoms with van der Waals surface area (Å²) in [5.74, 6) is -0.117. The number of hydrogen-bond acceptors (Lipinski definition) is 4. The van der Waals surface area contributed by atoms with Gasteiger partial charge in [0.05, 0.1) is 24.7 Å². The summed E-state index contributed by atoms with van der Waals surface area (Å²) in [5.41, 5.74) is 0.633. The Morgan fingerprint density at radius 1 is 1.39 bits per heavy atom. The highest BCUT2D eigenvalue weighted by Crippen LogP contribution is 2.59. The monoisotopic (exact) mass is 326 g/mol. The summed E-state index contributed by atoms with van der Waals surface area (Å²) in [5, 5.41) is 10.2. The summed E-state index contributed by atoms with van der Waals surface area (Å²) in [6, 6.07) is 0. The number of allylic oxidation sites excluding steroid dienone is 1. The van der Waals surface area contributed by atoms with Gasteiger partial charge in [-0.25, -0.2) is 4.39 Å². The summed E-state index contributed by atoms with van der Waals surface area (Å²) in [7, 11) is 1.54.